The number of hydrogen-bond acceptors (Lipinski definition) is 2. The van der Waals surface area contributed by atoms with Crippen molar-refractivity contribution in [3.8, 4) is 0 Å². The maximum absolute atomic E-state index is 13.1. The van der Waals surface area contributed by atoms with Gasteiger partial charge in [0.25, 0.3) is 0 Å². The van der Waals surface area contributed by atoms with E-state index in [-0.39, 0.29) is 23.0 Å². The average molecular weight is 354 g/mol. The third-order valence-corrected chi connectivity index (χ3v) is 4.64. The largest absolute Gasteiger partial charge is 0.324 e. The van der Waals surface area contributed by atoms with E-state index in [2.05, 4.69) is 26.1 Å². The molecule has 136 valence electrons. The lowest BCUT2D eigenvalue weighted by Crippen LogP contribution is -2.41. The summed E-state index contributed by atoms with van der Waals surface area (Å²) in [6.07, 6.45) is 0.751. The molecular weight excluding hydrogens is 331 g/mol. The minimum Gasteiger partial charge on any atom is -0.324 e. The Morgan fingerprint density at radius 1 is 1.08 bits per heavy atom. The topological polar surface area (TPSA) is 49.4 Å². The number of hydrogen-bond donors (Lipinski definition) is 1. The molecule has 0 spiro atoms. The van der Waals surface area contributed by atoms with Crippen molar-refractivity contribution < 1.29 is 14.0 Å². The van der Waals surface area contributed by atoms with Crippen LogP contribution in [-0.4, -0.2) is 17.9 Å². The molecule has 1 aliphatic rings. The minimum atomic E-state index is -0.588. The highest BCUT2D eigenvalue weighted by atomic mass is 19.1. The van der Waals surface area contributed by atoms with Crippen LogP contribution in [0.25, 0.3) is 0 Å². The fourth-order valence-electron chi connectivity index (χ4n) is 3.14. The van der Waals surface area contributed by atoms with Crippen LogP contribution < -0.4 is 10.2 Å². The van der Waals surface area contributed by atoms with Crippen molar-refractivity contribution in [1.82, 2.24) is 0 Å². The molecule has 1 fully saturated rings. The summed E-state index contributed by atoms with van der Waals surface area (Å²) in [5.74, 6) is -0.733. The van der Waals surface area contributed by atoms with Gasteiger partial charge in [0.15, 0.2) is 0 Å². The SMILES string of the molecule is CC(C)(C)c1ccc(NC(=O)C2CCC(=O)N2c2ccc(F)cc2)cc1. The summed E-state index contributed by atoms with van der Waals surface area (Å²) in [4.78, 5) is 26.4. The van der Waals surface area contributed by atoms with Gasteiger partial charge in [-0.2, -0.15) is 0 Å². The van der Waals surface area contributed by atoms with E-state index in [4.69, 9.17) is 0 Å². The van der Waals surface area contributed by atoms with Crippen LogP contribution in [0, 0.1) is 5.82 Å². The summed E-state index contributed by atoms with van der Waals surface area (Å²) in [6, 6.07) is 12.8. The third kappa shape index (κ3) is 3.77. The molecule has 3 rings (SSSR count). The molecule has 0 aliphatic carbocycles. The van der Waals surface area contributed by atoms with Crippen LogP contribution in [0.15, 0.2) is 48.5 Å². The summed E-state index contributed by atoms with van der Waals surface area (Å²) < 4.78 is 13.1. The predicted molar refractivity (Wildman–Crippen MR) is 101 cm³/mol. The zero-order valence-corrected chi connectivity index (χ0v) is 15.3. The van der Waals surface area contributed by atoms with Gasteiger partial charge in [0.05, 0.1) is 0 Å². The summed E-state index contributed by atoms with van der Waals surface area (Å²) in [5.41, 5.74) is 2.46. The number of rotatable bonds is 3. The number of nitrogens with zero attached hydrogens (tertiary/aromatic N) is 1. The predicted octanol–water partition coefficient (Wildman–Crippen LogP) is 4.26. The Labute approximate surface area is 153 Å². The zero-order chi connectivity index (χ0) is 18.9. The molecule has 1 unspecified atom stereocenters. The van der Waals surface area contributed by atoms with Gasteiger partial charge in [-0.15, -0.1) is 0 Å². The molecule has 0 saturated carbocycles. The van der Waals surface area contributed by atoms with E-state index >= 15 is 0 Å². The quantitative estimate of drug-likeness (QED) is 0.895. The number of amides is 2. The first kappa shape index (κ1) is 18.1. The molecule has 1 N–H and O–H groups in total. The Hall–Kier alpha value is -2.69. The molecule has 5 heteroatoms. The van der Waals surface area contributed by atoms with Crippen molar-refractivity contribution in [2.75, 3.05) is 10.2 Å². The zero-order valence-electron chi connectivity index (χ0n) is 15.3. The van der Waals surface area contributed by atoms with Crippen LogP contribution >= 0.6 is 0 Å². The van der Waals surface area contributed by atoms with Crippen molar-refractivity contribution in [3.63, 3.8) is 0 Å². The van der Waals surface area contributed by atoms with E-state index in [1.807, 2.05) is 24.3 Å². The minimum absolute atomic E-state index is 0.0415. The van der Waals surface area contributed by atoms with Crippen LogP contribution in [0.4, 0.5) is 15.8 Å². The molecule has 1 atom stereocenters. The fraction of sp³-hybridized carbons (Fsp3) is 0.333. The van der Waals surface area contributed by atoms with Crippen LogP contribution in [-0.2, 0) is 15.0 Å². The van der Waals surface area contributed by atoms with Gasteiger partial charge in [-0.3, -0.25) is 14.5 Å². The highest BCUT2D eigenvalue weighted by Crippen LogP contribution is 2.28. The first-order chi connectivity index (χ1) is 12.3. The number of carbonyl (C=O) groups is 2. The Morgan fingerprint density at radius 3 is 2.27 bits per heavy atom. The Balaban J connectivity index is 1.76. The third-order valence-electron chi connectivity index (χ3n) is 4.64. The monoisotopic (exact) mass is 354 g/mol. The summed E-state index contributed by atoms with van der Waals surface area (Å²) >= 11 is 0. The molecule has 4 nitrogen and oxygen atoms in total. The van der Waals surface area contributed by atoms with Gasteiger partial charge in [-0.05, 0) is 53.8 Å². The first-order valence-corrected chi connectivity index (χ1v) is 8.75. The second-order valence-corrected chi connectivity index (χ2v) is 7.61. The molecule has 2 aromatic carbocycles. The van der Waals surface area contributed by atoms with Gasteiger partial charge in [-0.25, -0.2) is 4.39 Å². The molecule has 0 radical (unpaired) electrons. The molecule has 0 aromatic heterocycles. The van der Waals surface area contributed by atoms with Crippen molar-refractivity contribution >= 4 is 23.2 Å². The van der Waals surface area contributed by atoms with E-state index < -0.39 is 6.04 Å². The van der Waals surface area contributed by atoms with E-state index in [1.54, 1.807) is 0 Å². The van der Waals surface area contributed by atoms with Crippen LogP contribution in [0.3, 0.4) is 0 Å². The van der Waals surface area contributed by atoms with E-state index in [9.17, 15) is 14.0 Å². The summed E-state index contributed by atoms with van der Waals surface area (Å²) in [6.45, 7) is 6.39. The first-order valence-electron chi connectivity index (χ1n) is 8.75. The van der Waals surface area contributed by atoms with Crippen LogP contribution in [0.2, 0.25) is 0 Å². The van der Waals surface area contributed by atoms with Crippen molar-refractivity contribution in [2.24, 2.45) is 0 Å². The Morgan fingerprint density at radius 2 is 1.69 bits per heavy atom. The number of anilines is 2. The smallest absolute Gasteiger partial charge is 0.247 e. The lowest BCUT2D eigenvalue weighted by molar-refractivity contribution is -0.120. The fourth-order valence-corrected chi connectivity index (χ4v) is 3.14. The maximum atomic E-state index is 13.1. The summed E-state index contributed by atoms with van der Waals surface area (Å²) in [7, 11) is 0. The normalized spacial score (nSPS) is 17.5. The molecule has 2 amide bonds. The molecule has 1 saturated heterocycles. The van der Waals surface area contributed by atoms with Crippen molar-refractivity contribution in [3.05, 3.63) is 59.9 Å². The molecule has 1 aliphatic heterocycles. The highest BCUT2D eigenvalue weighted by molar-refractivity contribution is 6.07. The van der Waals surface area contributed by atoms with E-state index in [0.717, 1.165) is 0 Å². The standard InChI is InChI=1S/C21H23FN2O2/c1-21(2,3)14-4-8-16(9-5-14)23-20(26)18-12-13-19(25)24(18)17-10-6-15(22)7-11-17/h4-11,18H,12-13H2,1-3H3,(H,23,26). The highest BCUT2D eigenvalue weighted by Gasteiger charge is 2.37. The van der Waals surface area contributed by atoms with Crippen molar-refractivity contribution in [2.45, 2.75) is 45.1 Å². The lowest BCUT2D eigenvalue weighted by atomic mass is 9.87. The number of nitrogens with one attached hydrogen (secondary N) is 1. The molecule has 26 heavy (non-hydrogen) atoms. The van der Waals surface area contributed by atoms with Crippen LogP contribution in [0.1, 0.15) is 39.2 Å². The molecule has 1 heterocycles. The number of benzene rings is 2. The van der Waals surface area contributed by atoms with Crippen molar-refractivity contribution in [1.29, 1.82) is 0 Å². The van der Waals surface area contributed by atoms with E-state index in [0.29, 0.717) is 24.2 Å². The second kappa shape index (κ2) is 6.90. The van der Waals surface area contributed by atoms with Gasteiger partial charge in [0.2, 0.25) is 11.8 Å². The van der Waals surface area contributed by atoms with Gasteiger partial charge in [0, 0.05) is 17.8 Å². The Kier molecular flexibility index (Phi) is 4.81. The molecule has 2 aromatic rings. The van der Waals surface area contributed by atoms with Gasteiger partial charge in [0.1, 0.15) is 11.9 Å². The lowest BCUT2D eigenvalue weighted by Gasteiger charge is -2.24. The van der Waals surface area contributed by atoms with Gasteiger partial charge in [-0.1, -0.05) is 32.9 Å². The van der Waals surface area contributed by atoms with Gasteiger partial charge < -0.3 is 5.32 Å². The molecular formula is C21H23FN2O2. The van der Waals surface area contributed by atoms with E-state index in [1.165, 1.54) is 34.7 Å². The summed E-state index contributed by atoms with van der Waals surface area (Å²) in [5, 5.41) is 2.89. The average Bonchev–Trinajstić information content (AvgIpc) is 2.97. The van der Waals surface area contributed by atoms with Gasteiger partial charge >= 0.3 is 0 Å². The van der Waals surface area contributed by atoms with Crippen LogP contribution in [0.5, 0.6) is 0 Å². The molecule has 0 bridgehead atoms. The maximum Gasteiger partial charge on any atom is 0.247 e. The Bertz CT molecular complexity index is 807. The number of halogens is 1. The second-order valence-electron chi connectivity index (χ2n) is 7.61. The number of carbonyl (C=O) groups excluding carboxylic acids is 2.